The summed E-state index contributed by atoms with van der Waals surface area (Å²) in [5.74, 6) is 0.461. The molecule has 24 heavy (non-hydrogen) atoms. The van der Waals surface area contributed by atoms with Gasteiger partial charge in [-0.15, -0.1) is 0 Å². The highest BCUT2D eigenvalue weighted by Crippen LogP contribution is 2.22. The van der Waals surface area contributed by atoms with E-state index in [0.29, 0.717) is 31.1 Å². The van der Waals surface area contributed by atoms with E-state index in [4.69, 9.17) is 14.9 Å². The van der Waals surface area contributed by atoms with Gasteiger partial charge in [-0.05, 0) is 30.7 Å². The van der Waals surface area contributed by atoms with Crippen LogP contribution in [-0.2, 0) is 11.3 Å². The van der Waals surface area contributed by atoms with Crippen molar-refractivity contribution in [2.24, 2.45) is 5.73 Å². The van der Waals surface area contributed by atoms with Crippen molar-refractivity contribution in [1.82, 2.24) is 0 Å². The molecule has 6 heteroatoms. The summed E-state index contributed by atoms with van der Waals surface area (Å²) >= 11 is 3.45. The van der Waals surface area contributed by atoms with E-state index in [2.05, 4.69) is 22.9 Å². The molecule has 1 heterocycles. The van der Waals surface area contributed by atoms with Gasteiger partial charge in [-0.1, -0.05) is 35.3 Å². The van der Waals surface area contributed by atoms with E-state index >= 15 is 0 Å². The number of benzene rings is 1. The smallest absolute Gasteiger partial charge is 0.261 e. The summed E-state index contributed by atoms with van der Waals surface area (Å²) in [5, 5.41) is 0. The van der Waals surface area contributed by atoms with Crippen LogP contribution in [0, 0.1) is 0 Å². The number of ether oxygens (including phenoxy) is 1. The number of carbonyl (C=O) groups excluding carboxylic acids is 1. The molecule has 1 amide bonds. The second kappa shape index (κ2) is 9.61. The van der Waals surface area contributed by atoms with Crippen LogP contribution in [0.25, 0.3) is 0 Å². The molecule has 5 nitrogen and oxygen atoms in total. The first-order valence-corrected chi connectivity index (χ1v) is 8.87. The molecule has 0 saturated carbocycles. The largest absolute Gasteiger partial charge is 0.467 e. The first kappa shape index (κ1) is 18.7. The van der Waals surface area contributed by atoms with Gasteiger partial charge in [0.1, 0.15) is 12.0 Å². The van der Waals surface area contributed by atoms with Crippen LogP contribution in [0.3, 0.4) is 0 Å². The van der Waals surface area contributed by atoms with Crippen LogP contribution in [0.1, 0.15) is 35.9 Å². The Bertz CT molecular complexity index is 657. The molecule has 1 aromatic heterocycles. The fourth-order valence-corrected chi connectivity index (χ4v) is 2.64. The lowest BCUT2D eigenvalue weighted by molar-refractivity contribution is 0.0958. The molecule has 0 saturated heterocycles. The van der Waals surface area contributed by atoms with Crippen LogP contribution in [-0.4, -0.2) is 25.7 Å². The minimum Gasteiger partial charge on any atom is -0.467 e. The van der Waals surface area contributed by atoms with E-state index in [9.17, 15) is 4.79 Å². The fraction of sp³-hybridized carbons (Fsp3) is 0.389. The van der Waals surface area contributed by atoms with Crippen molar-refractivity contribution in [2.45, 2.75) is 26.3 Å². The third-order valence-electron chi connectivity index (χ3n) is 3.57. The lowest BCUT2D eigenvalue weighted by Crippen LogP contribution is -2.34. The Balaban J connectivity index is 2.13. The van der Waals surface area contributed by atoms with Gasteiger partial charge < -0.3 is 19.8 Å². The number of unbranched alkanes of at least 4 members (excludes halogenated alkanes) is 1. The van der Waals surface area contributed by atoms with Gasteiger partial charge in [0.05, 0.1) is 18.7 Å². The van der Waals surface area contributed by atoms with Crippen molar-refractivity contribution in [3.05, 3.63) is 52.4 Å². The van der Waals surface area contributed by atoms with Gasteiger partial charge in [0, 0.05) is 23.3 Å². The second-order valence-corrected chi connectivity index (χ2v) is 6.32. The van der Waals surface area contributed by atoms with Crippen LogP contribution in [0.15, 0.2) is 45.5 Å². The third-order valence-corrected chi connectivity index (χ3v) is 4.06. The summed E-state index contributed by atoms with van der Waals surface area (Å²) in [4.78, 5) is 14.6. The molecule has 0 aliphatic heterocycles. The Morgan fingerprint density at radius 1 is 1.33 bits per heavy atom. The predicted octanol–water partition coefficient (Wildman–Crippen LogP) is 3.96. The molecule has 1 aromatic carbocycles. The van der Waals surface area contributed by atoms with E-state index in [1.165, 1.54) is 6.26 Å². The maximum Gasteiger partial charge on any atom is 0.261 e. The Kier molecular flexibility index (Phi) is 7.49. The lowest BCUT2D eigenvalue weighted by Gasteiger charge is -2.22. The molecule has 0 radical (unpaired) electrons. The maximum atomic E-state index is 12.9. The summed E-state index contributed by atoms with van der Waals surface area (Å²) in [6.07, 6.45) is 3.56. The summed E-state index contributed by atoms with van der Waals surface area (Å²) in [7, 11) is 0. The minimum atomic E-state index is -0.129. The monoisotopic (exact) mass is 394 g/mol. The first-order valence-electron chi connectivity index (χ1n) is 8.08. The Morgan fingerprint density at radius 3 is 2.83 bits per heavy atom. The number of amides is 1. The van der Waals surface area contributed by atoms with Gasteiger partial charge in [0.2, 0.25) is 0 Å². The summed E-state index contributed by atoms with van der Waals surface area (Å²) < 4.78 is 11.8. The normalized spacial score (nSPS) is 10.8. The number of anilines is 1. The van der Waals surface area contributed by atoms with E-state index in [1.807, 2.05) is 24.3 Å². The molecule has 2 aromatic rings. The Hall–Kier alpha value is -1.63. The number of carbonyl (C=O) groups is 1. The zero-order valence-electron chi connectivity index (χ0n) is 13.8. The van der Waals surface area contributed by atoms with Crippen LogP contribution in [0.4, 0.5) is 5.69 Å². The maximum absolute atomic E-state index is 12.9. The quantitative estimate of drug-likeness (QED) is 0.653. The van der Waals surface area contributed by atoms with Gasteiger partial charge >= 0.3 is 0 Å². The standard InChI is InChI=1S/C18H23BrN2O3/c1-2-3-8-23-9-7-21(16-6-4-5-15(19)11-16)18(22)14-10-17(12-20)24-13-14/h4-6,10-11,13H,2-3,7-9,12,20H2,1H3. The number of halogens is 1. The highest BCUT2D eigenvalue weighted by atomic mass is 79.9. The fourth-order valence-electron chi connectivity index (χ4n) is 2.25. The van der Waals surface area contributed by atoms with Crippen molar-refractivity contribution in [3.8, 4) is 0 Å². The van der Waals surface area contributed by atoms with Crippen molar-refractivity contribution < 1.29 is 13.9 Å². The van der Waals surface area contributed by atoms with Gasteiger partial charge in [-0.25, -0.2) is 0 Å². The van der Waals surface area contributed by atoms with Crippen molar-refractivity contribution >= 4 is 27.5 Å². The zero-order chi connectivity index (χ0) is 17.4. The van der Waals surface area contributed by atoms with Gasteiger partial charge in [0.15, 0.2) is 0 Å². The second-order valence-electron chi connectivity index (χ2n) is 5.41. The molecule has 0 aliphatic rings. The van der Waals surface area contributed by atoms with Crippen LogP contribution in [0.2, 0.25) is 0 Å². The van der Waals surface area contributed by atoms with E-state index in [-0.39, 0.29) is 12.5 Å². The minimum absolute atomic E-state index is 0.129. The molecule has 0 fully saturated rings. The van der Waals surface area contributed by atoms with Crippen LogP contribution < -0.4 is 10.6 Å². The van der Waals surface area contributed by atoms with Crippen molar-refractivity contribution in [2.75, 3.05) is 24.7 Å². The van der Waals surface area contributed by atoms with Crippen LogP contribution in [0.5, 0.6) is 0 Å². The van der Waals surface area contributed by atoms with Gasteiger partial charge in [-0.3, -0.25) is 4.79 Å². The highest BCUT2D eigenvalue weighted by Gasteiger charge is 2.20. The molecule has 0 aliphatic carbocycles. The number of hydrogen-bond donors (Lipinski definition) is 1. The average Bonchev–Trinajstić information content (AvgIpc) is 3.07. The van der Waals surface area contributed by atoms with Gasteiger partial charge in [0.25, 0.3) is 5.91 Å². The Labute approximate surface area is 150 Å². The van der Waals surface area contributed by atoms with E-state index < -0.39 is 0 Å². The van der Waals surface area contributed by atoms with E-state index in [1.54, 1.807) is 11.0 Å². The average molecular weight is 395 g/mol. The summed E-state index contributed by atoms with van der Waals surface area (Å²) in [6, 6.07) is 9.32. The van der Waals surface area contributed by atoms with Gasteiger partial charge in [-0.2, -0.15) is 0 Å². The zero-order valence-corrected chi connectivity index (χ0v) is 15.4. The van der Waals surface area contributed by atoms with Crippen LogP contribution >= 0.6 is 15.9 Å². The molecule has 130 valence electrons. The lowest BCUT2D eigenvalue weighted by atomic mass is 10.2. The molecular formula is C18H23BrN2O3. The molecule has 2 N–H and O–H groups in total. The molecular weight excluding hydrogens is 372 g/mol. The summed E-state index contributed by atoms with van der Waals surface area (Å²) in [6.45, 7) is 4.06. The molecule has 0 unspecified atom stereocenters. The Morgan fingerprint density at radius 2 is 2.17 bits per heavy atom. The molecule has 0 atom stereocenters. The third kappa shape index (κ3) is 5.19. The predicted molar refractivity (Wildman–Crippen MR) is 98.1 cm³/mol. The summed E-state index contributed by atoms with van der Waals surface area (Å²) in [5.41, 5.74) is 6.85. The number of furan rings is 1. The van der Waals surface area contributed by atoms with Crippen molar-refractivity contribution in [1.29, 1.82) is 0 Å². The molecule has 0 spiro atoms. The highest BCUT2D eigenvalue weighted by molar-refractivity contribution is 9.10. The number of nitrogens with two attached hydrogens (primary N) is 1. The van der Waals surface area contributed by atoms with E-state index in [0.717, 1.165) is 23.0 Å². The van der Waals surface area contributed by atoms with Crippen molar-refractivity contribution in [3.63, 3.8) is 0 Å². The number of nitrogens with zero attached hydrogens (tertiary/aromatic N) is 1. The number of hydrogen-bond acceptors (Lipinski definition) is 4. The molecule has 0 bridgehead atoms. The first-order chi connectivity index (χ1) is 11.7. The molecule has 2 rings (SSSR count). The SMILES string of the molecule is CCCCOCCN(C(=O)c1coc(CN)c1)c1cccc(Br)c1. The topological polar surface area (TPSA) is 68.7 Å². The number of rotatable bonds is 9.